The molecule has 0 saturated heterocycles. The summed E-state index contributed by atoms with van der Waals surface area (Å²) in [6.07, 6.45) is 0. The molecule has 4 nitrogen and oxygen atoms in total. The van der Waals surface area contributed by atoms with Gasteiger partial charge in [-0.2, -0.15) is 0 Å². The van der Waals surface area contributed by atoms with Crippen LogP contribution in [0.1, 0.15) is 15.9 Å². The van der Waals surface area contributed by atoms with Crippen molar-refractivity contribution in [3.63, 3.8) is 0 Å². The third kappa shape index (κ3) is 4.99. The summed E-state index contributed by atoms with van der Waals surface area (Å²) in [6.45, 7) is 0.617. The van der Waals surface area contributed by atoms with Crippen LogP contribution < -0.4 is 15.6 Å². The first-order valence-electron chi connectivity index (χ1n) is 7.92. The van der Waals surface area contributed by atoms with Crippen LogP contribution in [0.3, 0.4) is 0 Å². The molecular weight excluding hydrogens is 371 g/mol. The number of ether oxygens (including phenoxy) is 1. The maximum Gasteiger partial charge on any atom is 0.345 e. The molecule has 3 rings (SSSR count). The van der Waals surface area contributed by atoms with E-state index in [0.717, 1.165) is 11.3 Å². The summed E-state index contributed by atoms with van der Waals surface area (Å²) in [5.74, 6) is -0.0796. The summed E-state index contributed by atoms with van der Waals surface area (Å²) in [7, 11) is 0. The van der Waals surface area contributed by atoms with Crippen LogP contribution in [0.25, 0.3) is 0 Å². The number of rotatable bonds is 6. The van der Waals surface area contributed by atoms with Crippen molar-refractivity contribution in [2.75, 3.05) is 5.43 Å². The second kappa shape index (κ2) is 8.72. The highest BCUT2D eigenvalue weighted by Crippen LogP contribution is 2.23. The molecule has 0 fully saturated rings. The number of nitrogens with one attached hydrogen (secondary N) is 2. The third-order valence-corrected chi connectivity index (χ3v) is 4.13. The monoisotopic (exact) mass is 386 g/mol. The van der Waals surface area contributed by atoms with Crippen LogP contribution in [0.2, 0.25) is 10.0 Å². The molecule has 0 unspecified atom stereocenters. The summed E-state index contributed by atoms with van der Waals surface area (Å²) in [4.78, 5) is 12.2. The summed E-state index contributed by atoms with van der Waals surface area (Å²) < 4.78 is 5.35. The highest BCUT2D eigenvalue weighted by molar-refractivity contribution is 6.36. The van der Waals surface area contributed by atoms with E-state index in [9.17, 15) is 4.79 Å². The maximum absolute atomic E-state index is 12.2. The number of carbonyl (C=O) groups excluding carboxylic acids is 1. The van der Waals surface area contributed by atoms with Crippen molar-refractivity contribution in [1.82, 2.24) is 5.43 Å². The fourth-order valence-electron chi connectivity index (χ4n) is 2.26. The smallest absolute Gasteiger partial charge is 0.345 e. The van der Waals surface area contributed by atoms with Crippen molar-refractivity contribution in [1.29, 1.82) is 0 Å². The average molecular weight is 387 g/mol. The average Bonchev–Trinajstić information content (AvgIpc) is 2.64. The number of benzene rings is 3. The topological polar surface area (TPSA) is 50.4 Å². The Labute approximate surface area is 161 Å². The molecule has 3 aromatic rings. The van der Waals surface area contributed by atoms with Crippen LogP contribution in [0, 0.1) is 0 Å². The van der Waals surface area contributed by atoms with E-state index < -0.39 is 5.97 Å². The zero-order chi connectivity index (χ0) is 18.4. The number of esters is 1. The summed E-state index contributed by atoms with van der Waals surface area (Å²) in [5, 5.41) is 0.725. The van der Waals surface area contributed by atoms with Crippen LogP contribution in [0.15, 0.2) is 72.8 Å². The quantitative estimate of drug-likeness (QED) is 0.341. The van der Waals surface area contributed by atoms with Crippen LogP contribution in [0.4, 0.5) is 5.69 Å². The number of hydrogen-bond donors (Lipinski definition) is 2. The third-order valence-electron chi connectivity index (χ3n) is 3.58. The SMILES string of the molecule is O=C(Oc1ccc(CNNc2ccccc2)cc1)c1ccc(Cl)cc1Cl. The van der Waals surface area contributed by atoms with Gasteiger partial charge in [-0.3, -0.25) is 0 Å². The van der Waals surface area contributed by atoms with E-state index in [2.05, 4.69) is 10.9 Å². The standard InChI is InChI=1S/C20H16Cl2N2O2/c21-15-8-11-18(19(22)12-15)20(25)26-17-9-6-14(7-10-17)13-23-24-16-4-2-1-3-5-16/h1-12,23-24H,13H2. The van der Waals surface area contributed by atoms with E-state index >= 15 is 0 Å². The molecule has 6 heteroatoms. The minimum absolute atomic E-state index is 0.260. The molecule has 0 aliphatic rings. The first-order chi connectivity index (χ1) is 12.6. The molecule has 3 aromatic carbocycles. The first kappa shape index (κ1) is 18.3. The maximum atomic E-state index is 12.2. The van der Waals surface area contributed by atoms with Gasteiger partial charge in [0.05, 0.1) is 10.6 Å². The minimum Gasteiger partial charge on any atom is -0.423 e. The summed E-state index contributed by atoms with van der Waals surface area (Å²) in [5.41, 5.74) is 8.54. The second-order valence-corrected chi connectivity index (χ2v) is 6.35. The van der Waals surface area contributed by atoms with E-state index in [0.29, 0.717) is 17.3 Å². The fourth-order valence-corrected chi connectivity index (χ4v) is 2.75. The van der Waals surface area contributed by atoms with Gasteiger partial charge in [0.15, 0.2) is 0 Å². The predicted molar refractivity (Wildman–Crippen MR) is 105 cm³/mol. The Morgan fingerprint density at radius 3 is 2.35 bits per heavy atom. The first-order valence-corrected chi connectivity index (χ1v) is 8.67. The Morgan fingerprint density at radius 2 is 1.65 bits per heavy atom. The number of carbonyl (C=O) groups is 1. The largest absolute Gasteiger partial charge is 0.423 e. The molecule has 0 saturated carbocycles. The zero-order valence-corrected chi connectivity index (χ0v) is 15.2. The molecule has 0 heterocycles. The molecular formula is C20H16Cl2N2O2. The van der Waals surface area contributed by atoms with Gasteiger partial charge < -0.3 is 10.2 Å². The lowest BCUT2D eigenvalue weighted by molar-refractivity contribution is 0.0735. The van der Waals surface area contributed by atoms with Crippen molar-refractivity contribution in [3.8, 4) is 5.75 Å². The number of hydrazine groups is 1. The number of anilines is 1. The normalized spacial score (nSPS) is 10.4. The van der Waals surface area contributed by atoms with Gasteiger partial charge in [-0.25, -0.2) is 10.2 Å². The molecule has 132 valence electrons. The Bertz CT molecular complexity index is 884. The Kier molecular flexibility index (Phi) is 6.12. The van der Waals surface area contributed by atoms with Gasteiger partial charge in [-0.15, -0.1) is 0 Å². The number of halogens is 2. The van der Waals surface area contributed by atoms with Crippen LogP contribution >= 0.6 is 23.2 Å². The highest BCUT2D eigenvalue weighted by atomic mass is 35.5. The van der Waals surface area contributed by atoms with Crippen molar-refractivity contribution in [3.05, 3.63) is 94.0 Å². The predicted octanol–water partition coefficient (Wildman–Crippen LogP) is 5.33. The van der Waals surface area contributed by atoms with Gasteiger partial charge in [0, 0.05) is 17.3 Å². The van der Waals surface area contributed by atoms with Crippen LogP contribution in [-0.4, -0.2) is 5.97 Å². The minimum atomic E-state index is -0.525. The van der Waals surface area contributed by atoms with Crippen molar-refractivity contribution in [2.45, 2.75) is 6.54 Å². The van der Waals surface area contributed by atoms with Gasteiger partial charge >= 0.3 is 5.97 Å². The second-order valence-electron chi connectivity index (χ2n) is 5.50. The summed E-state index contributed by atoms with van der Waals surface area (Å²) in [6, 6.07) is 21.7. The highest BCUT2D eigenvalue weighted by Gasteiger charge is 2.13. The Hall–Kier alpha value is -2.53. The molecule has 0 radical (unpaired) electrons. The molecule has 0 spiro atoms. The van der Waals surface area contributed by atoms with Gasteiger partial charge in [-0.05, 0) is 48.0 Å². The molecule has 0 bridgehead atoms. The number of para-hydroxylation sites is 1. The fraction of sp³-hybridized carbons (Fsp3) is 0.0500. The van der Waals surface area contributed by atoms with E-state index in [1.54, 1.807) is 24.3 Å². The van der Waals surface area contributed by atoms with E-state index in [-0.39, 0.29) is 10.6 Å². The molecule has 0 aliphatic heterocycles. The number of hydrogen-bond acceptors (Lipinski definition) is 4. The molecule has 0 amide bonds. The van der Waals surface area contributed by atoms with Crippen LogP contribution in [0.5, 0.6) is 5.75 Å². The lowest BCUT2D eigenvalue weighted by atomic mass is 10.2. The van der Waals surface area contributed by atoms with Gasteiger partial charge in [0.1, 0.15) is 5.75 Å². The molecule has 0 atom stereocenters. The molecule has 26 heavy (non-hydrogen) atoms. The van der Waals surface area contributed by atoms with Gasteiger partial charge in [-0.1, -0.05) is 53.5 Å². The van der Waals surface area contributed by atoms with E-state index in [1.165, 1.54) is 6.07 Å². The van der Waals surface area contributed by atoms with E-state index in [1.807, 2.05) is 42.5 Å². The Balaban J connectivity index is 1.54. The molecule has 0 aliphatic carbocycles. The molecule has 2 N–H and O–H groups in total. The van der Waals surface area contributed by atoms with Crippen molar-refractivity contribution < 1.29 is 9.53 Å². The Morgan fingerprint density at radius 1 is 0.923 bits per heavy atom. The lowest BCUT2D eigenvalue weighted by Crippen LogP contribution is -2.20. The van der Waals surface area contributed by atoms with Crippen molar-refractivity contribution >= 4 is 34.9 Å². The summed E-state index contributed by atoms with van der Waals surface area (Å²) >= 11 is 11.9. The molecule has 0 aromatic heterocycles. The van der Waals surface area contributed by atoms with E-state index in [4.69, 9.17) is 27.9 Å². The zero-order valence-electron chi connectivity index (χ0n) is 13.7. The van der Waals surface area contributed by atoms with Gasteiger partial charge in [0.25, 0.3) is 0 Å². The van der Waals surface area contributed by atoms with Gasteiger partial charge in [0.2, 0.25) is 0 Å². The van der Waals surface area contributed by atoms with Crippen molar-refractivity contribution in [2.24, 2.45) is 0 Å². The van der Waals surface area contributed by atoms with Crippen LogP contribution in [-0.2, 0) is 6.54 Å². The lowest BCUT2D eigenvalue weighted by Gasteiger charge is -2.09.